The fourth-order valence-corrected chi connectivity index (χ4v) is 3.07. The van der Waals surface area contributed by atoms with Crippen molar-refractivity contribution in [3.8, 4) is 0 Å². The van der Waals surface area contributed by atoms with Crippen molar-refractivity contribution in [1.29, 1.82) is 0 Å². The Bertz CT molecular complexity index is 771. The Morgan fingerprint density at radius 3 is 2.86 bits per heavy atom. The van der Waals surface area contributed by atoms with Crippen LogP contribution >= 0.6 is 22.9 Å². The third kappa shape index (κ3) is 3.01. The zero-order valence-corrected chi connectivity index (χ0v) is 12.7. The van der Waals surface area contributed by atoms with Crippen LogP contribution in [0.3, 0.4) is 0 Å². The highest BCUT2D eigenvalue weighted by molar-refractivity contribution is 7.18. The number of carbonyl (C=O) groups is 1. The lowest BCUT2D eigenvalue weighted by Crippen LogP contribution is -2.27. The summed E-state index contributed by atoms with van der Waals surface area (Å²) >= 11 is 7.33. The van der Waals surface area contributed by atoms with Crippen molar-refractivity contribution in [3.63, 3.8) is 0 Å². The van der Waals surface area contributed by atoms with Gasteiger partial charge in [0.2, 0.25) is 0 Å². The van der Waals surface area contributed by atoms with Gasteiger partial charge in [-0.15, -0.1) is 11.3 Å². The molecule has 7 heteroatoms. The summed E-state index contributed by atoms with van der Waals surface area (Å²) < 4.78 is 1.11. The number of para-hydroxylation sites is 1. The molecule has 3 aromatic rings. The Kier molecular flexibility index (Phi) is 3.81. The van der Waals surface area contributed by atoms with E-state index in [1.165, 1.54) is 12.4 Å². The van der Waals surface area contributed by atoms with Crippen molar-refractivity contribution in [2.75, 3.05) is 7.05 Å². The minimum absolute atomic E-state index is 0.203. The van der Waals surface area contributed by atoms with Gasteiger partial charge >= 0.3 is 0 Å². The van der Waals surface area contributed by atoms with E-state index in [1.807, 2.05) is 24.3 Å². The standard InChI is InChI=1S/C14H11ClN4OS/c1-19(14(20)10-6-16-7-12(15)17-10)8-13-18-9-4-2-3-5-11(9)21-13/h2-7H,8H2,1H3. The first-order valence-electron chi connectivity index (χ1n) is 6.21. The van der Waals surface area contributed by atoms with Gasteiger partial charge in [0.05, 0.1) is 29.2 Å². The second-order valence-corrected chi connectivity index (χ2v) is 5.97. The number of thiazole rings is 1. The molecule has 0 spiro atoms. The van der Waals surface area contributed by atoms with Crippen molar-refractivity contribution in [2.24, 2.45) is 0 Å². The van der Waals surface area contributed by atoms with Gasteiger partial charge in [0.25, 0.3) is 5.91 Å². The Morgan fingerprint density at radius 2 is 2.10 bits per heavy atom. The summed E-state index contributed by atoms with van der Waals surface area (Å²) in [6, 6.07) is 7.89. The number of fused-ring (bicyclic) bond motifs is 1. The van der Waals surface area contributed by atoms with E-state index in [0.29, 0.717) is 6.54 Å². The van der Waals surface area contributed by atoms with Crippen molar-refractivity contribution in [3.05, 3.63) is 52.5 Å². The molecule has 1 amide bonds. The van der Waals surface area contributed by atoms with Crippen molar-refractivity contribution in [1.82, 2.24) is 19.9 Å². The second-order valence-electron chi connectivity index (χ2n) is 4.46. The SMILES string of the molecule is CN(Cc1nc2ccccc2s1)C(=O)c1cncc(Cl)n1. The normalized spacial score (nSPS) is 10.8. The van der Waals surface area contributed by atoms with Crippen LogP contribution in [0.1, 0.15) is 15.5 Å². The molecule has 0 bridgehead atoms. The molecule has 106 valence electrons. The van der Waals surface area contributed by atoms with Gasteiger partial charge in [-0.2, -0.15) is 0 Å². The summed E-state index contributed by atoms with van der Waals surface area (Å²) in [5.74, 6) is -0.232. The van der Waals surface area contributed by atoms with Crippen LogP contribution in [0.2, 0.25) is 5.15 Å². The lowest BCUT2D eigenvalue weighted by molar-refractivity contribution is 0.0778. The van der Waals surface area contributed by atoms with Gasteiger partial charge in [0.1, 0.15) is 15.9 Å². The molecule has 21 heavy (non-hydrogen) atoms. The monoisotopic (exact) mass is 318 g/mol. The van der Waals surface area contributed by atoms with Gasteiger partial charge in [0.15, 0.2) is 0 Å². The molecule has 2 heterocycles. The molecule has 0 aliphatic carbocycles. The largest absolute Gasteiger partial charge is 0.334 e. The molecule has 0 saturated carbocycles. The van der Waals surface area contributed by atoms with Crippen LogP contribution in [0.15, 0.2) is 36.7 Å². The second kappa shape index (κ2) is 5.75. The highest BCUT2D eigenvalue weighted by atomic mass is 35.5. The Labute approximate surface area is 130 Å². The van der Waals surface area contributed by atoms with Crippen LogP contribution in [-0.2, 0) is 6.54 Å². The van der Waals surface area contributed by atoms with E-state index in [4.69, 9.17) is 11.6 Å². The molecule has 1 aromatic carbocycles. The highest BCUT2D eigenvalue weighted by Gasteiger charge is 2.16. The maximum Gasteiger partial charge on any atom is 0.274 e. The summed E-state index contributed by atoms with van der Waals surface area (Å²) in [4.78, 5) is 26.2. The Hall–Kier alpha value is -2.05. The van der Waals surface area contributed by atoms with E-state index in [2.05, 4.69) is 15.0 Å². The van der Waals surface area contributed by atoms with Gasteiger partial charge in [-0.3, -0.25) is 9.78 Å². The summed E-state index contributed by atoms with van der Waals surface area (Å²) in [6.45, 7) is 0.423. The summed E-state index contributed by atoms with van der Waals surface area (Å²) in [7, 11) is 1.71. The van der Waals surface area contributed by atoms with Gasteiger partial charge in [-0.25, -0.2) is 9.97 Å². The van der Waals surface area contributed by atoms with E-state index in [9.17, 15) is 4.79 Å². The molecule has 3 rings (SSSR count). The van der Waals surface area contributed by atoms with Crippen LogP contribution in [0.5, 0.6) is 0 Å². The minimum Gasteiger partial charge on any atom is -0.334 e. The molecule has 0 unspecified atom stereocenters. The number of nitrogens with zero attached hydrogens (tertiary/aromatic N) is 4. The van der Waals surface area contributed by atoms with E-state index >= 15 is 0 Å². The average molecular weight is 319 g/mol. The third-order valence-corrected chi connectivity index (χ3v) is 4.08. The number of amides is 1. The first-order valence-corrected chi connectivity index (χ1v) is 7.40. The lowest BCUT2D eigenvalue weighted by atomic mass is 10.3. The van der Waals surface area contributed by atoms with Crippen molar-refractivity contribution in [2.45, 2.75) is 6.54 Å². The number of carbonyl (C=O) groups excluding carboxylic acids is 1. The number of rotatable bonds is 3. The number of halogens is 1. The topological polar surface area (TPSA) is 59.0 Å². The summed E-state index contributed by atoms with van der Waals surface area (Å²) in [5, 5.41) is 1.08. The first kappa shape index (κ1) is 13.9. The van der Waals surface area contributed by atoms with Crippen LogP contribution < -0.4 is 0 Å². The van der Waals surface area contributed by atoms with E-state index in [1.54, 1.807) is 23.3 Å². The van der Waals surface area contributed by atoms with Gasteiger partial charge in [-0.05, 0) is 12.1 Å². The fourth-order valence-electron chi connectivity index (χ4n) is 1.90. The highest BCUT2D eigenvalue weighted by Crippen LogP contribution is 2.22. The average Bonchev–Trinajstić information content (AvgIpc) is 2.88. The molecule has 0 aliphatic heterocycles. The van der Waals surface area contributed by atoms with E-state index in [0.717, 1.165) is 15.2 Å². The van der Waals surface area contributed by atoms with E-state index in [-0.39, 0.29) is 16.8 Å². The number of hydrogen-bond acceptors (Lipinski definition) is 5. The molecule has 0 saturated heterocycles. The first-order chi connectivity index (χ1) is 10.1. The predicted molar refractivity (Wildman–Crippen MR) is 82.5 cm³/mol. The summed E-state index contributed by atoms with van der Waals surface area (Å²) in [6.07, 6.45) is 2.80. The molecule has 0 atom stereocenters. The molecular weight excluding hydrogens is 308 g/mol. The van der Waals surface area contributed by atoms with Crippen LogP contribution in [0.4, 0.5) is 0 Å². The van der Waals surface area contributed by atoms with E-state index < -0.39 is 0 Å². The summed E-state index contributed by atoms with van der Waals surface area (Å²) in [5.41, 5.74) is 1.17. The van der Waals surface area contributed by atoms with Gasteiger partial charge < -0.3 is 4.90 Å². The predicted octanol–water partition coefficient (Wildman–Crippen LogP) is 3.01. The van der Waals surface area contributed by atoms with Crippen molar-refractivity contribution >= 4 is 39.1 Å². The quantitative estimate of drug-likeness (QED) is 0.745. The number of hydrogen-bond donors (Lipinski definition) is 0. The van der Waals surface area contributed by atoms with Gasteiger partial charge in [-0.1, -0.05) is 23.7 Å². The van der Waals surface area contributed by atoms with Crippen LogP contribution in [0.25, 0.3) is 10.2 Å². The van der Waals surface area contributed by atoms with Crippen LogP contribution in [0, 0.1) is 0 Å². The molecule has 0 N–H and O–H groups in total. The maximum absolute atomic E-state index is 12.3. The zero-order valence-electron chi connectivity index (χ0n) is 11.2. The zero-order chi connectivity index (χ0) is 14.8. The molecule has 0 radical (unpaired) electrons. The molecular formula is C14H11ClN4OS. The van der Waals surface area contributed by atoms with Crippen LogP contribution in [-0.4, -0.2) is 32.8 Å². The van der Waals surface area contributed by atoms with Crippen molar-refractivity contribution < 1.29 is 4.79 Å². The van der Waals surface area contributed by atoms with Gasteiger partial charge in [0, 0.05) is 7.05 Å². The maximum atomic E-state index is 12.3. The molecule has 2 aromatic heterocycles. The third-order valence-electron chi connectivity index (χ3n) is 2.88. The molecule has 5 nitrogen and oxygen atoms in total. The molecule has 0 fully saturated rings. The fraction of sp³-hybridized carbons (Fsp3) is 0.143. The molecule has 0 aliphatic rings. The lowest BCUT2D eigenvalue weighted by Gasteiger charge is -2.14. The number of aromatic nitrogens is 3. The Morgan fingerprint density at radius 1 is 1.29 bits per heavy atom. The smallest absolute Gasteiger partial charge is 0.274 e. The minimum atomic E-state index is -0.232. The number of benzene rings is 1. The Balaban J connectivity index is 1.79.